The normalized spacial score (nSPS) is 11.1. The Labute approximate surface area is 125 Å². The molecular weight excluding hydrogens is 272 g/mol. The first-order valence-electron chi connectivity index (χ1n) is 6.70. The number of ether oxygens (including phenoxy) is 3. The van der Waals surface area contributed by atoms with Crippen molar-refractivity contribution in [1.82, 2.24) is 0 Å². The van der Waals surface area contributed by atoms with E-state index < -0.39 is 6.09 Å². The number of nitrogen functional groups attached to an aromatic ring is 1. The Morgan fingerprint density at radius 3 is 2.43 bits per heavy atom. The van der Waals surface area contributed by atoms with E-state index in [4.69, 9.17) is 19.9 Å². The van der Waals surface area contributed by atoms with Crippen LogP contribution in [0.5, 0.6) is 5.75 Å². The van der Waals surface area contributed by atoms with Gasteiger partial charge in [-0.1, -0.05) is 20.8 Å². The minimum absolute atomic E-state index is 0.100. The second-order valence-corrected chi connectivity index (χ2v) is 5.65. The highest BCUT2D eigenvalue weighted by Gasteiger charge is 2.19. The van der Waals surface area contributed by atoms with Gasteiger partial charge in [-0.15, -0.1) is 0 Å². The molecule has 6 heteroatoms. The van der Waals surface area contributed by atoms with Crippen LogP contribution in [0.3, 0.4) is 0 Å². The van der Waals surface area contributed by atoms with Crippen molar-refractivity contribution in [2.24, 2.45) is 0 Å². The number of nitrogens with one attached hydrogen (secondary N) is 1. The highest BCUT2D eigenvalue weighted by molar-refractivity contribution is 5.89. The molecule has 0 spiro atoms. The lowest BCUT2D eigenvalue weighted by atomic mass is 9.86. The number of amides is 1. The zero-order chi connectivity index (χ0) is 16.0. The summed E-state index contributed by atoms with van der Waals surface area (Å²) in [5, 5.41) is 2.65. The van der Waals surface area contributed by atoms with Crippen LogP contribution in [-0.4, -0.2) is 33.5 Å². The number of rotatable bonds is 5. The summed E-state index contributed by atoms with van der Waals surface area (Å²) in [7, 11) is 3.04. The predicted molar refractivity (Wildman–Crippen MR) is 83.0 cm³/mol. The predicted octanol–water partition coefficient (Wildman–Crippen LogP) is 2.77. The van der Waals surface area contributed by atoms with E-state index in [1.54, 1.807) is 0 Å². The Morgan fingerprint density at radius 2 is 1.90 bits per heavy atom. The van der Waals surface area contributed by atoms with Gasteiger partial charge in [-0.3, -0.25) is 5.32 Å². The van der Waals surface area contributed by atoms with Crippen LogP contribution in [0.15, 0.2) is 12.1 Å². The first kappa shape index (κ1) is 17.1. The molecule has 6 nitrogen and oxygen atoms in total. The summed E-state index contributed by atoms with van der Waals surface area (Å²) in [4.78, 5) is 11.7. The Balaban J connectivity index is 2.98. The summed E-state index contributed by atoms with van der Waals surface area (Å²) in [5.74, 6) is 0.423. The number of methoxy groups -OCH3 is 2. The molecule has 1 aromatic carbocycles. The van der Waals surface area contributed by atoms with Crippen LogP contribution in [0.2, 0.25) is 0 Å². The van der Waals surface area contributed by atoms with E-state index in [0.717, 1.165) is 5.56 Å². The van der Waals surface area contributed by atoms with Crippen LogP contribution in [0.25, 0.3) is 0 Å². The molecule has 1 amide bonds. The van der Waals surface area contributed by atoms with Gasteiger partial charge in [-0.05, 0) is 23.1 Å². The third-order valence-electron chi connectivity index (χ3n) is 2.95. The molecule has 0 bridgehead atoms. The highest BCUT2D eigenvalue weighted by Crippen LogP contribution is 2.36. The largest absolute Gasteiger partial charge is 0.492 e. The van der Waals surface area contributed by atoms with Gasteiger partial charge >= 0.3 is 6.09 Å². The molecule has 0 heterocycles. The lowest BCUT2D eigenvalue weighted by Crippen LogP contribution is -2.18. The van der Waals surface area contributed by atoms with Crippen molar-refractivity contribution in [3.05, 3.63) is 17.7 Å². The van der Waals surface area contributed by atoms with Gasteiger partial charge in [-0.25, -0.2) is 4.79 Å². The lowest BCUT2D eigenvalue weighted by Gasteiger charge is -2.22. The summed E-state index contributed by atoms with van der Waals surface area (Å²) in [5.41, 5.74) is 7.84. The van der Waals surface area contributed by atoms with Gasteiger partial charge in [0.25, 0.3) is 0 Å². The first-order chi connectivity index (χ1) is 9.79. The second-order valence-electron chi connectivity index (χ2n) is 5.65. The van der Waals surface area contributed by atoms with Gasteiger partial charge in [-0.2, -0.15) is 0 Å². The summed E-state index contributed by atoms with van der Waals surface area (Å²) >= 11 is 0. The smallest absolute Gasteiger partial charge is 0.411 e. The van der Waals surface area contributed by atoms with Crippen molar-refractivity contribution in [2.75, 3.05) is 38.5 Å². The number of carbonyl (C=O) groups excluding carboxylic acids is 1. The molecule has 0 aliphatic carbocycles. The van der Waals surface area contributed by atoms with E-state index >= 15 is 0 Å². The molecule has 0 saturated carbocycles. The molecule has 0 aromatic heterocycles. The average Bonchev–Trinajstić information content (AvgIpc) is 2.37. The molecule has 3 N–H and O–H groups in total. The van der Waals surface area contributed by atoms with Crippen molar-refractivity contribution < 1.29 is 19.0 Å². The van der Waals surface area contributed by atoms with E-state index in [9.17, 15) is 4.79 Å². The van der Waals surface area contributed by atoms with Crippen LogP contribution in [0.1, 0.15) is 26.3 Å². The van der Waals surface area contributed by atoms with Gasteiger partial charge in [0.15, 0.2) is 5.75 Å². The van der Waals surface area contributed by atoms with Crippen molar-refractivity contribution in [1.29, 1.82) is 0 Å². The molecule has 1 rings (SSSR count). The van der Waals surface area contributed by atoms with E-state index in [0.29, 0.717) is 23.7 Å². The maximum atomic E-state index is 11.7. The monoisotopic (exact) mass is 296 g/mol. The fourth-order valence-electron chi connectivity index (χ4n) is 1.77. The number of anilines is 2. The molecule has 118 valence electrons. The molecule has 0 aliphatic heterocycles. The second kappa shape index (κ2) is 7.17. The SMILES string of the molecule is COCCOC(=O)Nc1cc(C(C)(C)C)cc(N)c1OC. The van der Waals surface area contributed by atoms with Crippen molar-refractivity contribution in [3.63, 3.8) is 0 Å². The Hall–Kier alpha value is -1.95. The van der Waals surface area contributed by atoms with E-state index in [-0.39, 0.29) is 12.0 Å². The van der Waals surface area contributed by atoms with E-state index in [2.05, 4.69) is 26.1 Å². The fraction of sp³-hybridized carbons (Fsp3) is 0.533. The number of carbonyl (C=O) groups is 1. The molecule has 0 atom stereocenters. The Kier molecular flexibility index (Phi) is 5.84. The molecule has 21 heavy (non-hydrogen) atoms. The lowest BCUT2D eigenvalue weighted by molar-refractivity contribution is 0.107. The van der Waals surface area contributed by atoms with Crippen LogP contribution >= 0.6 is 0 Å². The summed E-state index contributed by atoms with van der Waals surface area (Å²) in [6, 6.07) is 3.69. The molecule has 1 aromatic rings. The molecule has 0 fully saturated rings. The van der Waals surface area contributed by atoms with Crippen LogP contribution in [0.4, 0.5) is 16.2 Å². The van der Waals surface area contributed by atoms with Gasteiger partial charge in [0.05, 0.1) is 25.1 Å². The highest BCUT2D eigenvalue weighted by atomic mass is 16.6. The quantitative estimate of drug-likeness (QED) is 0.645. The van der Waals surface area contributed by atoms with Crippen molar-refractivity contribution in [2.45, 2.75) is 26.2 Å². The zero-order valence-corrected chi connectivity index (χ0v) is 13.3. The summed E-state index contributed by atoms with van der Waals surface area (Å²) < 4.78 is 15.1. The van der Waals surface area contributed by atoms with Crippen LogP contribution in [-0.2, 0) is 14.9 Å². The standard InChI is InChI=1S/C15H24N2O4/c1-15(2,3)10-8-11(16)13(20-5)12(9-10)17-14(18)21-7-6-19-4/h8-9H,6-7,16H2,1-5H3,(H,17,18). The summed E-state index contributed by atoms with van der Waals surface area (Å²) in [6.07, 6.45) is -0.573. The average molecular weight is 296 g/mol. The van der Waals surface area contributed by atoms with Gasteiger partial charge in [0.1, 0.15) is 6.61 Å². The van der Waals surface area contributed by atoms with Gasteiger partial charge in [0, 0.05) is 7.11 Å². The summed E-state index contributed by atoms with van der Waals surface area (Å²) in [6.45, 7) is 6.71. The van der Waals surface area contributed by atoms with Crippen LogP contribution in [0, 0.1) is 0 Å². The van der Waals surface area contributed by atoms with E-state index in [1.165, 1.54) is 14.2 Å². The minimum Gasteiger partial charge on any atom is -0.492 e. The topological polar surface area (TPSA) is 82.8 Å². The molecule has 0 radical (unpaired) electrons. The number of benzene rings is 1. The number of hydrogen-bond donors (Lipinski definition) is 2. The van der Waals surface area contributed by atoms with E-state index in [1.807, 2.05) is 12.1 Å². The zero-order valence-electron chi connectivity index (χ0n) is 13.3. The Bertz CT molecular complexity index is 495. The fourth-order valence-corrected chi connectivity index (χ4v) is 1.77. The maximum Gasteiger partial charge on any atom is 0.411 e. The van der Waals surface area contributed by atoms with Crippen LogP contribution < -0.4 is 15.8 Å². The molecular formula is C15H24N2O4. The van der Waals surface area contributed by atoms with Gasteiger partial charge in [0.2, 0.25) is 0 Å². The van der Waals surface area contributed by atoms with Gasteiger partial charge < -0.3 is 19.9 Å². The van der Waals surface area contributed by atoms with Crippen molar-refractivity contribution >= 4 is 17.5 Å². The minimum atomic E-state index is -0.573. The molecule has 0 unspecified atom stereocenters. The third-order valence-corrected chi connectivity index (χ3v) is 2.95. The first-order valence-corrected chi connectivity index (χ1v) is 6.70. The third kappa shape index (κ3) is 4.82. The number of nitrogens with two attached hydrogens (primary N) is 1. The maximum absolute atomic E-state index is 11.7. The Morgan fingerprint density at radius 1 is 1.24 bits per heavy atom. The molecule has 0 saturated heterocycles. The van der Waals surface area contributed by atoms with Crippen molar-refractivity contribution in [3.8, 4) is 5.75 Å². The molecule has 0 aliphatic rings. The number of hydrogen-bond acceptors (Lipinski definition) is 5.